The molecule has 0 spiro atoms. The molecule has 1 aromatic carbocycles. The lowest BCUT2D eigenvalue weighted by Gasteiger charge is -2.22. The predicted molar refractivity (Wildman–Crippen MR) is 95.6 cm³/mol. The summed E-state index contributed by atoms with van der Waals surface area (Å²) in [6.45, 7) is 6.56. The van der Waals surface area contributed by atoms with Gasteiger partial charge in [-0.2, -0.15) is 0 Å². The number of carbonyl (C=O) groups is 2. The van der Waals surface area contributed by atoms with E-state index in [0.717, 1.165) is 0 Å². The molecule has 8 heteroatoms. The van der Waals surface area contributed by atoms with Gasteiger partial charge in [0.1, 0.15) is 22.7 Å². The maximum atomic E-state index is 12.5. The number of amides is 1. The molecule has 1 aliphatic rings. The molecule has 0 aliphatic heterocycles. The van der Waals surface area contributed by atoms with Crippen molar-refractivity contribution in [3.05, 3.63) is 34.9 Å². The Morgan fingerprint density at radius 1 is 1.32 bits per heavy atom. The number of carbonyl (C=O) groups excluding carboxylic acids is 2. The van der Waals surface area contributed by atoms with Crippen molar-refractivity contribution in [1.82, 2.24) is 5.32 Å². The fourth-order valence-corrected chi connectivity index (χ4v) is 5.04. The van der Waals surface area contributed by atoms with Crippen molar-refractivity contribution in [3.8, 4) is 0 Å². The number of hydrogen-bond acceptors (Lipinski definition) is 5. The van der Waals surface area contributed by atoms with Crippen molar-refractivity contribution in [3.63, 3.8) is 0 Å². The van der Waals surface area contributed by atoms with Gasteiger partial charge in [-0.05, 0) is 38.5 Å². The van der Waals surface area contributed by atoms with E-state index in [1.54, 1.807) is 45.0 Å². The number of hydrogen-bond donors (Lipinski definition) is 1. The Balaban J connectivity index is 2.40. The topological polar surface area (TPSA) is 89.5 Å². The van der Waals surface area contributed by atoms with Crippen LogP contribution in [0.2, 0.25) is 5.02 Å². The highest BCUT2D eigenvalue weighted by Gasteiger charge is 2.72. The lowest BCUT2D eigenvalue weighted by Crippen LogP contribution is -2.45. The summed E-state index contributed by atoms with van der Waals surface area (Å²) in [6.07, 6.45) is -0.332. The Morgan fingerprint density at radius 3 is 2.32 bits per heavy atom. The standard InChI is InChI=1S/C17H22ClNO5S/c1-5-25(22,23)14-13(11-6-8-12(18)9-7-11)17(14,10-20)19-15(21)24-16(2,3)4/h6-10,13-14H,5H2,1-4H3,(H,19,21)/t13-,14+,17+/m0/s1. The number of alkyl carbamates (subject to hydrolysis) is 1. The lowest BCUT2D eigenvalue weighted by atomic mass is 10.1. The largest absolute Gasteiger partial charge is 0.444 e. The van der Waals surface area contributed by atoms with Crippen molar-refractivity contribution in [2.75, 3.05) is 5.75 Å². The van der Waals surface area contributed by atoms with Gasteiger partial charge >= 0.3 is 6.09 Å². The molecule has 0 aromatic heterocycles. The molecule has 2 rings (SSSR count). The highest BCUT2D eigenvalue weighted by molar-refractivity contribution is 7.92. The molecule has 0 unspecified atom stereocenters. The van der Waals surface area contributed by atoms with E-state index in [2.05, 4.69) is 5.32 Å². The summed E-state index contributed by atoms with van der Waals surface area (Å²) >= 11 is 5.87. The number of aldehydes is 1. The third kappa shape index (κ3) is 3.98. The lowest BCUT2D eigenvalue weighted by molar-refractivity contribution is -0.110. The van der Waals surface area contributed by atoms with Gasteiger partial charge in [0.2, 0.25) is 0 Å². The first kappa shape index (κ1) is 19.7. The first-order valence-corrected chi connectivity index (χ1v) is 10.0. The summed E-state index contributed by atoms with van der Waals surface area (Å²) in [7, 11) is -3.58. The van der Waals surface area contributed by atoms with E-state index in [1.165, 1.54) is 6.92 Å². The Hall–Kier alpha value is -1.60. The minimum atomic E-state index is -3.58. The molecule has 138 valence electrons. The molecule has 1 aromatic rings. The van der Waals surface area contributed by atoms with Gasteiger partial charge in [0.25, 0.3) is 0 Å². The quantitative estimate of drug-likeness (QED) is 0.784. The minimum absolute atomic E-state index is 0.132. The van der Waals surface area contributed by atoms with Crippen LogP contribution >= 0.6 is 11.6 Å². The molecular weight excluding hydrogens is 366 g/mol. The second-order valence-electron chi connectivity index (χ2n) is 7.08. The fourth-order valence-electron chi connectivity index (χ4n) is 2.98. The van der Waals surface area contributed by atoms with Crippen molar-refractivity contribution in [1.29, 1.82) is 0 Å². The molecule has 0 saturated heterocycles. The molecule has 3 atom stereocenters. The van der Waals surface area contributed by atoms with Crippen LogP contribution in [0.4, 0.5) is 4.79 Å². The van der Waals surface area contributed by atoms with Crippen LogP contribution in [0.5, 0.6) is 0 Å². The van der Waals surface area contributed by atoms with Crippen LogP contribution in [-0.2, 0) is 19.4 Å². The average molecular weight is 388 g/mol. The normalized spacial score (nSPS) is 26.0. The van der Waals surface area contributed by atoms with Gasteiger partial charge in [0.15, 0.2) is 9.84 Å². The molecule has 25 heavy (non-hydrogen) atoms. The molecule has 0 bridgehead atoms. The van der Waals surface area contributed by atoms with Crippen molar-refractivity contribution in [2.24, 2.45) is 0 Å². The minimum Gasteiger partial charge on any atom is -0.444 e. The molecule has 0 heterocycles. The zero-order valence-corrected chi connectivity index (χ0v) is 16.1. The number of halogens is 1. The molecule has 1 N–H and O–H groups in total. The van der Waals surface area contributed by atoms with Crippen LogP contribution < -0.4 is 5.32 Å². The van der Waals surface area contributed by atoms with E-state index >= 15 is 0 Å². The third-order valence-electron chi connectivity index (χ3n) is 4.11. The number of nitrogens with one attached hydrogen (secondary N) is 1. The summed E-state index contributed by atoms with van der Waals surface area (Å²) < 4.78 is 30.1. The van der Waals surface area contributed by atoms with Crippen LogP contribution in [0.25, 0.3) is 0 Å². The Kier molecular flexibility index (Phi) is 5.21. The SMILES string of the molecule is CCS(=O)(=O)[C@@H]1[C@H](c2ccc(Cl)cc2)[C@@]1(C=O)NC(=O)OC(C)(C)C. The number of rotatable bonds is 5. The first-order chi connectivity index (χ1) is 11.5. The number of benzene rings is 1. The monoisotopic (exact) mass is 387 g/mol. The van der Waals surface area contributed by atoms with E-state index in [-0.39, 0.29) is 5.75 Å². The molecular formula is C17H22ClNO5S. The molecule has 1 fully saturated rings. The molecule has 0 radical (unpaired) electrons. The highest BCUT2D eigenvalue weighted by atomic mass is 35.5. The van der Waals surface area contributed by atoms with Gasteiger partial charge in [0.05, 0.1) is 0 Å². The highest BCUT2D eigenvalue weighted by Crippen LogP contribution is 2.55. The van der Waals surface area contributed by atoms with Crippen molar-refractivity contribution < 1.29 is 22.7 Å². The maximum absolute atomic E-state index is 12.5. The summed E-state index contributed by atoms with van der Waals surface area (Å²) in [5.74, 6) is -0.812. The number of ether oxygens (including phenoxy) is 1. The number of sulfone groups is 1. The van der Waals surface area contributed by atoms with Gasteiger partial charge in [-0.25, -0.2) is 13.2 Å². The second kappa shape index (κ2) is 6.61. The van der Waals surface area contributed by atoms with E-state index < -0.39 is 38.2 Å². The van der Waals surface area contributed by atoms with Crippen LogP contribution in [-0.4, -0.2) is 42.9 Å². The van der Waals surface area contributed by atoms with Gasteiger partial charge < -0.3 is 14.8 Å². The van der Waals surface area contributed by atoms with Gasteiger partial charge in [-0.15, -0.1) is 0 Å². The Morgan fingerprint density at radius 2 is 1.88 bits per heavy atom. The van der Waals surface area contributed by atoms with Gasteiger partial charge in [0, 0.05) is 16.7 Å². The molecule has 6 nitrogen and oxygen atoms in total. The Bertz CT molecular complexity index is 769. The zero-order chi connectivity index (χ0) is 19.0. The van der Waals surface area contributed by atoms with Crippen LogP contribution in [0.3, 0.4) is 0 Å². The molecule has 1 aliphatic carbocycles. The predicted octanol–water partition coefficient (Wildman–Crippen LogP) is 2.70. The summed E-state index contributed by atoms with van der Waals surface area (Å²) in [5.41, 5.74) is -1.68. The summed E-state index contributed by atoms with van der Waals surface area (Å²) in [5, 5.41) is 1.95. The van der Waals surface area contributed by atoms with E-state index in [1.807, 2.05) is 0 Å². The smallest absolute Gasteiger partial charge is 0.408 e. The molecule has 1 saturated carbocycles. The van der Waals surface area contributed by atoms with Crippen LogP contribution in [0, 0.1) is 0 Å². The van der Waals surface area contributed by atoms with Crippen molar-refractivity contribution >= 4 is 33.8 Å². The average Bonchev–Trinajstić information content (AvgIpc) is 3.15. The van der Waals surface area contributed by atoms with Gasteiger partial charge in [-0.3, -0.25) is 0 Å². The third-order valence-corrected chi connectivity index (χ3v) is 6.60. The second-order valence-corrected chi connectivity index (χ2v) is 9.93. The first-order valence-electron chi connectivity index (χ1n) is 7.91. The summed E-state index contributed by atoms with van der Waals surface area (Å²) in [6, 6.07) is 6.56. The van der Waals surface area contributed by atoms with E-state index in [0.29, 0.717) is 16.9 Å². The van der Waals surface area contributed by atoms with E-state index in [9.17, 15) is 18.0 Å². The van der Waals surface area contributed by atoms with Crippen LogP contribution in [0.15, 0.2) is 24.3 Å². The summed E-state index contributed by atoms with van der Waals surface area (Å²) in [4.78, 5) is 24.0. The zero-order valence-electron chi connectivity index (χ0n) is 14.6. The van der Waals surface area contributed by atoms with Crippen LogP contribution in [0.1, 0.15) is 39.2 Å². The van der Waals surface area contributed by atoms with Gasteiger partial charge in [-0.1, -0.05) is 30.7 Å². The Labute approximate surface area is 152 Å². The van der Waals surface area contributed by atoms with Crippen molar-refractivity contribution in [2.45, 2.75) is 50.0 Å². The fraction of sp³-hybridized carbons (Fsp3) is 0.529. The molecule has 1 amide bonds. The maximum Gasteiger partial charge on any atom is 0.408 e. The van der Waals surface area contributed by atoms with E-state index in [4.69, 9.17) is 16.3 Å².